The van der Waals surface area contributed by atoms with Crippen molar-refractivity contribution in [1.29, 1.82) is 0 Å². The van der Waals surface area contributed by atoms with Crippen LogP contribution in [0.25, 0.3) is 10.9 Å². The van der Waals surface area contributed by atoms with E-state index in [0.717, 1.165) is 5.39 Å². The molecule has 1 aliphatic heterocycles. The second kappa shape index (κ2) is 6.38. The lowest BCUT2D eigenvalue weighted by Gasteiger charge is -2.29. The second-order valence-electron chi connectivity index (χ2n) is 6.10. The van der Waals surface area contributed by atoms with Crippen molar-refractivity contribution in [2.75, 3.05) is 11.4 Å². The summed E-state index contributed by atoms with van der Waals surface area (Å²) in [6.07, 6.45) is 1.23. The minimum absolute atomic E-state index is 0.0458. The van der Waals surface area contributed by atoms with Crippen LogP contribution in [0.2, 0.25) is 5.02 Å². The van der Waals surface area contributed by atoms with Crippen molar-refractivity contribution in [2.45, 2.75) is 12.8 Å². The van der Waals surface area contributed by atoms with Crippen LogP contribution < -0.4 is 4.90 Å². The maximum atomic E-state index is 13.1. The number of benzene rings is 2. The van der Waals surface area contributed by atoms with Crippen molar-refractivity contribution >= 4 is 39.8 Å². The monoisotopic (exact) mass is 367 g/mol. The zero-order valence-corrected chi connectivity index (χ0v) is 14.4. The lowest BCUT2D eigenvalue weighted by atomic mass is 9.99. The van der Waals surface area contributed by atoms with Crippen LogP contribution in [0.4, 0.5) is 11.4 Å². The van der Waals surface area contributed by atoms with Crippen molar-refractivity contribution in [3.05, 3.63) is 74.9 Å². The fraction of sp³-hybridized carbons (Fsp3) is 0.158. The number of fused-ring (bicyclic) bond motifs is 2. The van der Waals surface area contributed by atoms with Crippen LogP contribution in [0.15, 0.2) is 48.5 Å². The maximum absolute atomic E-state index is 13.1. The first-order valence-electron chi connectivity index (χ1n) is 8.19. The summed E-state index contributed by atoms with van der Waals surface area (Å²) < 4.78 is 0. The molecule has 4 rings (SSSR count). The Hall–Kier alpha value is -2.99. The number of nitro groups is 1. The number of hydrogen-bond acceptors (Lipinski definition) is 4. The fourth-order valence-corrected chi connectivity index (χ4v) is 3.63. The molecular weight excluding hydrogens is 354 g/mol. The molecule has 0 N–H and O–H groups in total. The van der Waals surface area contributed by atoms with Gasteiger partial charge >= 0.3 is 0 Å². The van der Waals surface area contributed by atoms with Crippen molar-refractivity contribution in [3.63, 3.8) is 0 Å². The van der Waals surface area contributed by atoms with E-state index in [1.165, 1.54) is 6.07 Å². The Bertz CT molecular complexity index is 1050. The number of nitrogens with zero attached hydrogens (tertiary/aromatic N) is 3. The van der Waals surface area contributed by atoms with Crippen molar-refractivity contribution in [3.8, 4) is 0 Å². The van der Waals surface area contributed by atoms with E-state index in [2.05, 4.69) is 4.98 Å². The first-order chi connectivity index (χ1) is 12.6. The number of carbonyl (C=O) groups is 1. The average molecular weight is 368 g/mol. The molecule has 0 saturated heterocycles. The van der Waals surface area contributed by atoms with Crippen molar-refractivity contribution in [1.82, 2.24) is 4.98 Å². The Morgan fingerprint density at radius 2 is 2.00 bits per heavy atom. The quantitative estimate of drug-likeness (QED) is 0.497. The number of nitro benzene ring substituents is 1. The van der Waals surface area contributed by atoms with Gasteiger partial charge < -0.3 is 4.90 Å². The summed E-state index contributed by atoms with van der Waals surface area (Å²) in [5, 5.41) is 12.5. The molecule has 2 heterocycles. The summed E-state index contributed by atoms with van der Waals surface area (Å²) in [5.41, 5.74) is 2.07. The second-order valence-corrected chi connectivity index (χ2v) is 6.51. The number of amides is 1. The van der Waals surface area contributed by atoms with E-state index in [-0.39, 0.29) is 17.3 Å². The molecule has 0 radical (unpaired) electrons. The highest BCUT2D eigenvalue weighted by Crippen LogP contribution is 2.35. The summed E-state index contributed by atoms with van der Waals surface area (Å²) in [7, 11) is 0. The molecule has 3 aromatic rings. The first-order valence-corrected chi connectivity index (χ1v) is 8.57. The molecule has 7 heteroatoms. The molecule has 0 aliphatic carbocycles. The third-order valence-corrected chi connectivity index (χ3v) is 4.87. The Morgan fingerprint density at radius 3 is 2.81 bits per heavy atom. The van der Waals surface area contributed by atoms with Gasteiger partial charge in [-0.3, -0.25) is 14.9 Å². The van der Waals surface area contributed by atoms with Gasteiger partial charge in [-0.1, -0.05) is 35.9 Å². The van der Waals surface area contributed by atoms with Gasteiger partial charge in [0.05, 0.1) is 26.7 Å². The number of carbonyl (C=O) groups excluding carboxylic acids is 1. The Morgan fingerprint density at radius 1 is 1.19 bits per heavy atom. The smallest absolute Gasteiger partial charge is 0.276 e. The zero-order valence-electron chi connectivity index (χ0n) is 13.7. The summed E-state index contributed by atoms with van der Waals surface area (Å²) in [4.78, 5) is 29.9. The van der Waals surface area contributed by atoms with Gasteiger partial charge in [0.25, 0.3) is 11.6 Å². The van der Waals surface area contributed by atoms with Gasteiger partial charge in [-0.15, -0.1) is 0 Å². The van der Waals surface area contributed by atoms with Crippen LogP contribution in [0.5, 0.6) is 0 Å². The van der Waals surface area contributed by atoms with E-state index in [9.17, 15) is 14.9 Å². The maximum Gasteiger partial charge on any atom is 0.276 e. The van der Waals surface area contributed by atoms with E-state index in [0.29, 0.717) is 41.2 Å². The normalized spacial score (nSPS) is 13.5. The molecule has 0 spiro atoms. The standard InChI is InChI=1S/C19H14ClN3O3/c20-14-11-16(21-15-7-2-1-5-12(14)15)19(24)22-10-4-6-13-17(22)8-3-9-18(13)23(25)26/h1-3,5,7-9,11H,4,6,10H2. The third kappa shape index (κ3) is 2.68. The van der Waals surface area contributed by atoms with Crippen LogP contribution in [-0.2, 0) is 6.42 Å². The molecule has 0 fully saturated rings. The predicted molar refractivity (Wildman–Crippen MR) is 99.8 cm³/mol. The predicted octanol–water partition coefficient (Wildman–Crippen LogP) is 4.39. The molecule has 1 aromatic heterocycles. The average Bonchev–Trinajstić information content (AvgIpc) is 2.66. The van der Waals surface area contributed by atoms with E-state index in [1.807, 2.05) is 18.2 Å². The van der Waals surface area contributed by atoms with Gasteiger partial charge in [0.1, 0.15) is 5.69 Å². The van der Waals surface area contributed by atoms with E-state index >= 15 is 0 Å². The molecule has 26 heavy (non-hydrogen) atoms. The highest BCUT2D eigenvalue weighted by Gasteiger charge is 2.29. The number of rotatable bonds is 2. The zero-order chi connectivity index (χ0) is 18.3. The molecule has 0 bridgehead atoms. The highest BCUT2D eigenvalue weighted by atomic mass is 35.5. The van der Waals surface area contributed by atoms with E-state index in [1.54, 1.807) is 29.2 Å². The highest BCUT2D eigenvalue weighted by molar-refractivity contribution is 6.35. The minimum atomic E-state index is -0.405. The molecule has 1 aliphatic rings. The van der Waals surface area contributed by atoms with Crippen LogP contribution in [0, 0.1) is 10.1 Å². The first kappa shape index (κ1) is 16.5. The van der Waals surface area contributed by atoms with Gasteiger partial charge in [-0.25, -0.2) is 4.98 Å². The molecule has 0 atom stereocenters. The Kier molecular flexibility index (Phi) is 4.05. The van der Waals surface area contributed by atoms with Crippen LogP contribution in [0.1, 0.15) is 22.5 Å². The van der Waals surface area contributed by atoms with Gasteiger partial charge in [0.2, 0.25) is 0 Å². The van der Waals surface area contributed by atoms with Crippen LogP contribution >= 0.6 is 11.6 Å². The number of pyridine rings is 1. The molecule has 0 unspecified atom stereocenters. The molecule has 1 amide bonds. The third-order valence-electron chi connectivity index (χ3n) is 4.55. The molecule has 6 nitrogen and oxygen atoms in total. The molecule has 130 valence electrons. The number of aromatic nitrogens is 1. The number of anilines is 1. The van der Waals surface area contributed by atoms with E-state index in [4.69, 9.17) is 11.6 Å². The molecular formula is C19H14ClN3O3. The van der Waals surface area contributed by atoms with Gasteiger partial charge in [0, 0.05) is 18.0 Å². The Labute approximate surface area is 154 Å². The SMILES string of the molecule is O=C(c1cc(Cl)c2ccccc2n1)N1CCCc2c1cccc2[N+](=O)[O-]. The van der Waals surface area contributed by atoms with Crippen LogP contribution in [0.3, 0.4) is 0 Å². The molecule has 0 saturated carbocycles. The Balaban J connectivity index is 1.79. The van der Waals surface area contributed by atoms with E-state index < -0.39 is 4.92 Å². The lowest BCUT2D eigenvalue weighted by molar-refractivity contribution is -0.385. The van der Waals surface area contributed by atoms with Crippen molar-refractivity contribution < 1.29 is 9.72 Å². The lowest BCUT2D eigenvalue weighted by Crippen LogP contribution is -2.36. The minimum Gasteiger partial charge on any atom is -0.306 e. The fourth-order valence-electron chi connectivity index (χ4n) is 3.37. The summed E-state index contributed by atoms with van der Waals surface area (Å²) in [6.45, 7) is 0.485. The summed E-state index contributed by atoms with van der Waals surface area (Å²) >= 11 is 6.31. The number of halogens is 1. The molecule has 2 aromatic carbocycles. The van der Waals surface area contributed by atoms with Gasteiger partial charge in [-0.05, 0) is 31.0 Å². The number of hydrogen-bond donors (Lipinski definition) is 0. The topological polar surface area (TPSA) is 76.3 Å². The van der Waals surface area contributed by atoms with Crippen molar-refractivity contribution in [2.24, 2.45) is 0 Å². The summed E-state index contributed by atoms with van der Waals surface area (Å²) in [5.74, 6) is -0.306. The summed E-state index contributed by atoms with van der Waals surface area (Å²) in [6, 6.07) is 13.7. The van der Waals surface area contributed by atoms with Gasteiger partial charge in [-0.2, -0.15) is 0 Å². The largest absolute Gasteiger partial charge is 0.306 e. The number of para-hydroxylation sites is 1. The van der Waals surface area contributed by atoms with Gasteiger partial charge in [0.15, 0.2) is 0 Å². The van der Waals surface area contributed by atoms with Crippen LogP contribution in [-0.4, -0.2) is 22.4 Å².